The molecule has 2 saturated heterocycles. The van der Waals surface area contributed by atoms with Crippen molar-refractivity contribution in [1.82, 2.24) is 14.7 Å². The summed E-state index contributed by atoms with van der Waals surface area (Å²) in [5.74, 6) is 0.325. The van der Waals surface area contributed by atoms with Crippen LogP contribution in [0.4, 0.5) is 0 Å². The summed E-state index contributed by atoms with van der Waals surface area (Å²) in [7, 11) is 0. The van der Waals surface area contributed by atoms with E-state index in [0.29, 0.717) is 26.2 Å². The SMILES string of the molecule is CCN1CCC[C@](C)(C(=O)N2CCN(C(=O)c3ccccc3)CC2)C1. The molecular formula is C20H29N3O2. The number of likely N-dealkylation sites (tertiary alicyclic amines) is 1. The van der Waals surface area contributed by atoms with E-state index >= 15 is 0 Å². The van der Waals surface area contributed by atoms with Crippen molar-refractivity contribution < 1.29 is 9.59 Å². The number of amides is 2. The maximum Gasteiger partial charge on any atom is 0.253 e. The van der Waals surface area contributed by atoms with Crippen LogP contribution in [0.15, 0.2) is 30.3 Å². The number of carbonyl (C=O) groups excluding carboxylic acids is 2. The van der Waals surface area contributed by atoms with Crippen LogP contribution in [0, 0.1) is 5.41 Å². The van der Waals surface area contributed by atoms with Gasteiger partial charge in [-0.25, -0.2) is 0 Å². The molecular weight excluding hydrogens is 314 g/mol. The Hall–Kier alpha value is -1.88. The summed E-state index contributed by atoms with van der Waals surface area (Å²) >= 11 is 0. The predicted octanol–water partition coefficient (Wildman–Crippen LogP) is 2.09. The van der Waals surface area contributed by atoms with Crippen LogP contribution < -0.4 is 0 Å². The van der Waals surface area contributed by atoms with Gasteiger partial charge in [0.2, 0.25) is 5.91 Å². The van der Waals surface area contributed by atoms with Crippen LogP contribution in [0.1, 0.15) is 37.0 Å². The molecule has 2 aliphatic heterocycles. The Labute approximate surface area is 150 Å². The van der Waals surface area contributed by atoms with Crippen molar-refractivity contribution in [3.63, 3.8) is 0 Å². The highest BCUT2D eigenvalue weighted by Gasteiger charge is 2.40. The first-order valence-electron chi connectivity index (χ1n) is 9.39. The number of piperidine rings is 1. The van der Waals surface area contributed by atoms with Gasteiger partial charge in [-0.15, -0.1) is 0 Å². The monoisotopic (exact) mass is 343 g/mol. The van der Waals surface area contributed by atoms with E-state index in [1.807, 2.05) is 40.1 Å². The van der Waals surface area contributed by atoms with E-state index in [2.05, 4.69) is 18.7 Å². The molecule has 1 aromatic rings. The number of carbonyl (C=O) groups is 2. The zero-order valence-corrected chi connectivity index (χ0v) is 15.4. The predicted molar refractivity (Wildman–Crippen MR) is 98.4 cm³/mol. The Morgan fingerprint density at radius 2 is 1.64 bits per heavy atom. The molecule has 2 amide bonds. The first kappa shape index (κ1) is 17.9. The molecule has 1 atom stereocenters. The minimum Gasteiger partial charge on any atom is -0.339 e. The highest BCUT2D eigenvalue weighted by molar-refractivity contribution is 5.94. The van der Waals surface area contributed by atoms with Crippen molar-refractivity contribution in [2.75, 3.05) is 45.8 Å². The summed E-state index contributed by atoms with van der Waals surface area (Å²) < 4.78 is 0. The zero-order valence-electron chi connectivity index (χ0n) is 15.4. The summed E-state index contributed by atoms with van der Waals surface area (Å²) in [5, 5.41) is 0. The Morgan fingerprint density at radius 1 is 1.00 bits per heavy atom. The second kappa shape index (κ2) is 7.56. The molecule has 5 nitrogen and oxygen atoms in total. The quantitative estimate of drug-likeness (QED) is 0.844. The van der Waals surface area contributed by atoms with Gasteiger partial charge in [-0.3, -0.25) is 9.59 Å². The number of benzene rings is 1. The molecule has 1 aromatic carbocycles. The summed E-state index contributed by atoms with van der Waals surface area (Å²) in [5.41, 5.74) is 0.444. The Balaban J connectivity index is 1.58. The smallest absolute Gasteiger partial charge is 0.253 e. The van der Waals surface area contributed by atoms with Gasteiger partial charge >= 0.3 is 0 Å². The lowest BCUT2D eigenvalue weighted by molar-refractivity contribution is -0.146. The lowest BCUT2D eigenvalue weighted by atomic mass is 9.80. The average molecular weight is 343 g/mol. The number of hydrogen-bond donors (Lipinski definition) is 0. The van der Waals surface area contributed by atoms with Crippen LogP contribution in [0.5, 0.6) is 0 Å². The maximum absolute atomic E-state index is 13.1. The van der Waals surface area contributed by atoms with Gasteiger partial charge in [-0.2, -0.15) is 0 Å². The van der Waals surface area contributed by atoms with Gasteiger partial charge in [0.25, 0.3) is 5.91 Å². The molecule has 0 aromatic heterocycles. The molecule has 5 heteroatoms. The summed E-state index contributed by atoms with van der Waals surface area (Å²) in [4.78, 5) is 31.8. The molecule has 0 aliphatic carbocycles. The molecule has 3 rings (SSSR count). The Bertz CT molecular complexity index is 611. The minimum atomic E-state index is -0.278. The van der Waals surface area contributed by atoms with Gasteiger partial charge in [0.15, 0.2) is 0 Å². The van der Waals surface area contributed by atoms with Crippen molar-refractivity contribution >= 4 is 11.8 Å². The summed E-state index contributed by atoms with van der Waals surface area (Å²) in [6.07, 6.45) is 2.05. The number of nitrogens with zero attached hydrogens (tertiary/aromatic N) is 3. The fraction of sp³-hybridized carbons (Fsp3) is 0.600. The molecule has 25 heavy (non-hydrogen) atoms. The van der Waals surface area contributed by atoms with Gasteiger partial charge in [0.05, 0.1) is 5.41 Å². The normalized spacial score (nSPS) is 25.0. The van der Waals surface area contributed by atoms with Crippen LogP contribution in [0.25, 0.3) is 0 Å². The van der Waals surface area contributed by atoms with Crippen molar-refractivity contribution in [3.8, 4) is 0 Å². The van der Waals surface area contributed by atoms with Gasteiger partial charge in [0.1, 0.15) is 0 Å². The average Bonchev–Trinajstić information content (AvgIpc) is 2.67. The maximum atomic E-state index is 13.1. The highest BCUT2D eigenvalue weighted by atomic mass is 16.2. The van der Waals surface area contributed by atoms with E-state index in [-0.39, 0.29) is 17.2 Å². The third-order valence-electron chi connectivity index (χ3n) is 5.61. The van der Waals surface area contributed by atoms with Crippen molar-refractivity contribution in [2.24, 2.45) is 5.41 Å². The molecule has 0 radical (unpaired) electrons. The molecule has 0 bridgehead atoms. The van der Waals surface area contributed by atoms with E-state index < -0.39 is 0 Å². The van der Waals surface area contributed by atoms with Crippen molar-refractivity contribution in [2.45, 2.75) is 26.7 Å². The van der Waals surface area contributed by atoms with Crippen LogP contribution in [0.2, 0.25) is 0 Å². The van der Waals surface area contributed by atoms with E-state index in [0.717, 1.165) is 38.0 Å². The number of hydrogen-bond acceptors (Lipinski definition) is 3. The van der Waals surface area contributed by atoms with Crippen molar-refractivity contribution in [3.05, 3.63) is 35.9 Å². The molecule has 2 heterocycles. The highest BCUT2D eigenvalue weighted by Crippen LogP contribution is 2.32. The summed E-state index contributed by atoms with van der Waals surface area (Å²) in [6, 6.07) is 9.38. The largest absolute Gasteiger partial charge is 0.339 e. The van der Waals surface area contributed by atoms with Crippen molar-refractivity contribution in [1.29, 1.82) is 0 Å². The standard InChI is InChI=1S/C20H29N3O2/c1-3-21-11-7-10-20(2,16-21)19(25)23-14-12-22(13-15-23)18(24)17-8-5-4-6-9-17/h4-6,8-9H,3,7,10-16H2,1-2H3/t20-/m0/s1. The third kappa shape index (κ3) is 3.87. The van der Waals surface area contributed by atoms with Gasteiger partial charge in [0, 0.05) is 38.3 Å². The number of piperazine rings is 1. The van der Waals surface area contributed by atoms with Gasteiger partial charge in [-0.1, -0.05) is 25.1 Å². The first-order valence-corrected chi connectivity index (χ1v) is 9.39. The topological polar surface area (TPSA) is 43.9 Å². The fourth-order valence-corrected chi connectivity index (χ4v) is 4.05. The Morgan fingerprint density at radius 3 is 2.28 bits per heavy atom. The minimum absolute atomic E-state index is 0.0636. The van der Waals surface area contributed by atoms with E-state index in [9.17, 15) is 9.59 Å². The van der Waals surface area contributed by atoms with Gasteiger partial charge < -0.3 is 14.7 Å². The van der Waals surface area contributed by atoms with Crippen LogP contribution in [-0.4, -0.2) is 72.3 Å². The molecule has 0 unspecified atom stereocenters. The van der Waals surface area contributed by atoms with Crippen LogP contribution in [-0.2, 0) is 4.79 Å². The molecule has 0 N–H and O–H groups in total. The summed E-state index contributed by atoms with van der Waals surface area (Å²) in [6.45, 7) is 9.73. The van der Waals surface area contributed by atoms with Crippen LogP contribution in [0.3, 0.4) is 0 Å². The van der Waals surface area contributed by atoms with Gasteiger partial charge in [-0.05, 0) is 45.0 Å². The second-order valence-electron chi connectivity index (χ2n) is 7.48. The molecule has 2 fully saturated rings. The van der Waals surface area contributed by atoms with E-state index in [4.69, 9.17) is 0 Å². The third-order valence-corrected chi connectivity index (χ3v) is 5.61. The molecule has 0 saturated carbocycles. The molecule has 2 aliphatic rings. The Kier molecular flexibility index (Phi) is 5.42. The zero-order chi connectivity index (χ0) is 17.9. The van der Waals surface area contributed by atoms with E-state index in [1.165, 1.54) is 0 Å². The fourth-order valence-electron chi connectivity index (χ4n) is 4.05. The lowest BCUT2D eigenvalue weighted by Gasteiger charge is -2.44. The first-order chi connectivity index (χ1) is 12.0. The molecule has 136 valence electrons. The van der Waals surface area contributed by atoms with E-state index in [1.54, 1.807) is 0 Å². The van der Waals surface area contributed by atoms with Crippen LogP contribution >= 0.6 is 0 Å². The second-order valence-corrected chi connectivity index (χ2v) is 7.48. The number of rotatable bonds is 3. The molecule has 0 spiro atoms. The lowest BCUT2D eigenvalue weighted by Crippen LogP contribution is -2.57.